The SMILES string of the molecule is CC(C)CCC(C)(O)CNC(=O)c1cccs1. The highest BCUT2D eigenvalue weighted by Crippen LogP contribution is 2.16. The van der Waals surface area contributed by atoms with Crippen molar-refractivity contribution < 1.29 is 9.90 Å². The highest BCUT2D eigenvalue weighted by Gasteiger charge is 2.21. The summed E-state index contributed by atoms with van der Waals surface area (Å²) in [6, 6.07) is 3.62. The molecule has 1 rings (SSSR count). The summed E-state index contributed by atoms with van der Waals surface area (Å²) in [5, 5.41) is 14.7. The normalized spacial score (nSPS) is 14.6. The van der Waals surface area contributed by atoms with Crippen molar-refractivity contribution in [3.05, 3.63) is 22.4 Å². The highest BCUT2D eigenvalue weighted by molar-refractivity contribution is 7.12. The first-order chi connectivity index (χ1) is 7.91. The van der Waals surface area contributed by atoms with Crippen molar-refractivity contribution in [2.24, 2.45) is 5.92 Å². The van der Waals surface area contributed by atoms with Gasteiger partial charge in [0.25, 0.3) is 5.91 Å². The van der Waals surface area contributed by atoms with E-state index in [1.165, 1.54) is 11.3 Å². The largest absolute Gasteiger partial charge is 0.388 e. The third kappa shape index (κ3) is 5.33. The maximum Gasteiger partial charge on any atom is 0.261 e. The number of rotatable bonds is 6. The van der Waals surface area contributed by atoms with Crippen molar-refractivity contribution in [1.29, 1.82) is 0 Å². The molecule has 1 atom stereocenters. The van der Waals surface area contributed by atoms with Gasteiger partial charge in [-0.05, 0) is 37.1 Å². The minimum Gasteiger partial charge on any atom is -0.388 e. The molecule has 0 saturated carbocycles. The van der Waals surface area contributed by atoms with Gasteiger partial charge in [0.05, 0.1) is 10.5 Å². The van der Waals surface area contributed by atoms with Gasteiger partial charge >= 0.3 is 0 Å². The van der Waals surface area contributed by atoms with Crippen LogP contribution in [-0.4, -0.2) is 23.2 Å². The molecular weight excluding hydrogens is 234 g/mol. The fourth-order valence-electron chi connectivity index (χ4n) is 1.45. The Bertz CT molecular complexity index is 344. The van der Waals surface area contributed by atoms with Gasteiger partial charge in [-0.25, -0.2) is 0 Å². The van der Waals surface area contributed by atoms with E-state index in [2.05, 4.69) is 19.2 Å². The monoisotopic (exact) mass is 255 g/mol. The average molecular weight is 255 g/mol. The molecule has 1 amide bonds. The molecule has 0 aliphatic rings. The summed E-state index contributed by atoms with van der Waals surface area (Å²) in [6.07, 6.45) is 1.66. The Labute approximate surface area is 107 Å². The van der Waals surface area contributed by atoms with Gasteiger partial charge in [-0.15, -0.1) is 11.3 Å². The van der Waals surface area contributed by atoms with E-state index in [4.69, 9.17) is 0 Å². The molecule has 0 saturated heterocycles. The molecule has 96 valence electrons. The summed E-state index contributed by atoms with van der Waals surface area (Å²) in [5.74, 6) is 0.458. The molecule has 0 radical (unpaired) electrons. The Kier molecular flexibility index (Phi) is 5.15. The van der Waals surface area contributed by atoms with Gasteiger partial charge in [0.15, 0.2) is 0 Å². The van der Waals surface area contributed by atoms with Gasteiger partial charge < -0.3 is 10.4 Å². The molecule has 0 fully saturated rings. The lowest BCUT2D eigenvalue weighted by Gasteiger charge is -2.24. The summed E-state index contributed by atoms with van der Waals surface area (Å²) < 4.78 is 0. The number of amides is 1. The Morgan fingerprint density at radius 2 is 2.29 bits per heavy atom. The van der Waals surface area contributed by atoms with Crippen molar-refractivity contribution in [2.75, 3.05) is 6.54 Å². The van der Waals surface area contributed by atoms with E-state index < -0.39 is 5.60 Å². The zero-order valence-corrected chi connectivity index (χ0v) is 11.5. The van der Waals surface area contributed by atoms with Crippen LogP contribution in [-0.2, 0) is 0 Å². The van der Waals surface area contributed by atoms with Gasteiger partial charge in [-0.3, -0.25) is 4.79 Å². The molecule has 4 heteroatoms. The first kappa shape index (κ1) is 14.2. The zero-order valence-electron chi connectivity index (χ0n) is 10.7. The fraction of sp³-hybridized carbons (Fsp3) is 0.615. The summed E-state index contributed by atoms with van der Waals surface area (Å²) in [6.45, 7) is 6.32. The molecule has 17 heavy (non-hydrogen) atoms. The van der Waals surface area contributed by atoms with Gasteiger partial charge in [0, 0.05) is 6.54 Å². The van der Waals surface area contributed by atoms with Crippen molar-refractivity contribution >= 4 is 17.2 Å². The van der Waals surface area contributed by atoms with Crippen LogP contribution >= 0.6 is 11.3 Å². The minimum atomic E-state index is -0.822. The van der Waals surface area contributed by atoms with E-state index in [9.17, 15) is 9.90 Å². The molecule has 1 aromatic rings. The van der Waals surface area contributed by atoms with E-state index in [1.807, 2.05) is 11.4 Å². The van der Waals surface area contributed by atoms with Crippen LogP contribution in [0.25, 0.3) is 0 Å². The Balaban J connectivity index is 2.36. The topological polar surface area (TPSA) is 49.3 Å². The molecule has 3 nitrogen and oxygen atoms in total. The summed E-state index contributed by atoms with van der Waals surface area (Å²) >= 11 is 1.41. The zero-order chi connectivity index (χ0) is 12.9. The summed E-state index contributed by atoms with van der Waals surface area (Å²) in [5.41, 5.74) is -0.822. The Morgan fingerprint density at radius 1 is 1.59 bits per heavy atom. The number of thiophene rings is 1. The molecule has 2 N–H and O–H groups in total. The number of hydrogen-bond acceptors (Lipinski definition) is 3. The van der Waals surface area contributed by atoms with Crippen LogP contribution in [0.15, 0.2) is 17.5 Å². The van der Waals surface area contributed by atoms with Crippen molar-refractivity contribution in [3.63, 3.8) is 0 Å². The molecule has 1 aromatic heterocycles. The first-order valence-corrected chi connectivity index (χ1v) is 6.83. The Hall–Kier alpha value is -0.870. The lowest BCUT2D eigenvalue weighted by molar-refractivity contribution is 0.0430. The molecule has 1 heterocycles. The van der Waals surface area contributed by atoms with Gasteiger partial charge in [-0.1, -0.05) is 19.9 Å². The van der Waals surface area contributed by atoms with E-state index in [0.29, 0.717) is 23.8 Å². The maximum atomic E-state index is 11.7. The number of carbonyl (C=O) groups excluding carboxylic acids is 1. The maximum absolute atomic E-state index is 11.7. The molecule has 0 aromatic carbocycles. The predicted molar refractivity (Wildman–Crippen MR) is 71.3 cm³/mol. The minimum absolute atomic E-state index is 0.107. The van der Waals surface area contributed by atoms with Crippen molar-refractivity contribution in [2.45, 2.75) is 39.2 Å². The molecule has 0 spiro atoms. The van der Waals surface area contributed by atoms with Gasteiger partial charge in [0.1, 0.15) is 0 Å². The number of carbonyl (C=O) groups is 1. The van der Waals surface area contributed by atoms with Gasteiger partial charge in [0.2, 0.25) is 0 Å². The lowest BCUT2D eigenvalue weighted by atomic mass is 9.95. The average Bonchev–Trinajstić information content (AvgIpc) is 2.77. The molecule has 1 unspecified atom stereocenters. The van der Waals surface area contributed by atoms with Crippen molar-refractivity contribution in [1.82, 2.24) is 5.32 Å². The van der Waals surface area contributed by atoms with Crippen molar-refractivity contribution in [3.8, 4) is 0 Å². The van der Waals surface area contributed by atoms with E-state index in [0.717, 1.165) is 6.42 Å². The number of nitrogens with one attached hydrogen (secondary N) is 1. The smallest absolute Gasteiger partial charge is 0.261 e. The van der Waals surface area contributed by atoms with Crippen LogP contribution in [0.5, 0.6) is 0 Å². The standard InChI is InChI=1S/C13H21NO2S/c1-10(2)6-7-13(3,16)9-14-12(15)11-5-4-8-17-11/h4-5,8,10,16H,6-7,9H2,1-3H3,(H,14,15). The second-order valence-corrected chi connectivity index (χ2v) is 6.04. The van der Waals surface area contributed by atoms with Crippen LogP contribution < -0.4 is 5.32 Å². The van der Waals surface area contributed by atoms with Crippen LogP contribution in [0.1, 0.15) is 43.3 Å². The van der Waals surface area contributed by atoms with Crippen LogP contribution in [0, 0.1) is 5.92 Å². The number of hydrogen-bond donors (Lipinski definition) is 2. The second-order valence-electron chi connectivity index (χ2n) is 5.09. The third-order valence-electron chi connectivity index (χ3n) is 2.64. The second kappa shape index (κ2) is 6.17. The Morgan fingerprint density at radius 3 is 2.82 bits per heavy atom. The quantitative estimate of drug-likeness (QED) is 0.821. The van der Waals surface area contributed by atoms with Crippen LogP contribution in [0.3, 0.4) is 0 Å². The molecule has 0 bridgehead atoms. The first-order valence-electron chi connectivity index (χ1n) is 5.95. The molecule has 0 aliphatic heterocycles. The number of aliphatic hydroxyl groups is 1. The summed E-state index contributed by atoms with van der Waals surface area (Å²) in [4.78, 5) is 12.4. The van der Waals surface area contributed by atoms with E-state index in [1.54, 1.807) is 13.0 Å². The molecule has 0 aliphatic carbocycles. The molecular formula is C13H21NO2S. The highest BCUT2D eigenvalue weighted by atomic mass is 32.1. The van der Waals surface area contributed by atoms with E-state index in [-0.39, 0.29) is 5.91 Å². The predicted octanol–water partition coefficient (Wildman–Crippen LogP) is 2.67. The van der Waals surface area contributed by atoms with Crippen LogP contribution in [0.2, 0.25) is 0 Å². The van der Waals surface area contributed by atoms with Crippen LogP contribution in [0.4, 0.5) is 0 Å². The third-order valence-corrected chi connectivity index (χ3v) is 3.50. The lowest BCUT2D eigenvalue weighted by Crippen LogP contribution is -2.40. The summed E-state index contributed by atoms with van der Waals surface area (Å²) in [7, 11) is 0. The van der Waals surface area contributed by atoms with Gasteiger partial charge in [-0.2, -0.15) is 0 Å². The fourth-order valence-corrected chi connectivity index (χ4v) is 2.09. The van der Waals surface area contributed by atoms with E-state index >= 15 is 0 Å².